The number of nitrogens with two attached hydrogens (primary N) is 1. The molecule has 0 aliphatic rings. The molecule has 0 saturated carbocycles. The summed E-state index contributed by atoms with van der Waals surface area (Å²) < 4.78 is 27.7. The second-order valence-electron chi connectivity index (χ2n) is 3.97. The molecule has 0 aromatic heterocycles. The van der Waals surface area contributed by atoms with E-state index in [0.717, 1.165) is 27.1 Å². The zero-order chi connectivity index (χ0) is 13.8. The Morgan fingerprint density at radius 3 is 2.58 bits per heavy atom. The van der Waals surface area contributed by atoms with E-state index in [4.69, 9.17) is 5.73 Å². The molecule has 2 N–H and O–H groups in total. The summed E-state index contributed by atoms with van der Waals surface area (Å²) in [5.41, 5.74) is 6.59. The van der Waals surface area contributed by atoms with Gasteiger partial charge in [-0.2, -0.15) is 0 Å². The van der Waals surface area contributed by atoms with Crippen molar-refractivity contribution in [3.8, 4) is 0 Å². The van der Waals surface area contributed by atoms with Gasteiger partial charge in [-0.25, -0.2) is 8.78 Å². The lowest BCUT2D eigenvalue weighted by atomic mass is 10.1. The molecule has 0 bridgehead atoms. The van der Waals surface area contributed by atoms with Crippen molar-refractivity contribution in [2.24, 2.45) is 5.73 Å². The summed E-state index contributed by atoms with van der Waals surface area (Å²) in [6.07, 6.45) is 0.701. The van der Waals surface area contributed by atoms with Crippen LogP contribution in [0.1, 0.15) is 5.56 Å². The van der Waals surface area contributed by atoms with Crippen molar-refractivity contribution >= 4 is 27.7 Å². The van der Waals surface area contributed by atoms with Gasteiger partial charge >= 0.3 is 0 Å². The zero-order valence-corrected chi connectivity index (χ0v) is 12.4. The lowest BCUT2D eigenvalue weighted by molar-refractivity contribution is 0.577. The lowest BCUT2D eigenvalue weighted by Gasteiger charge is -2.10. The molecule has 0 unspecified atom stereocenters. The van der Waals surface area contributed by atoms with Gasteiger partial charge < -0.3 is 5.73 Å². The topological polar surface area (TPSA) is 26.0 Å². The molecule has 2 rings (SSSR count). The molecule has 0 radical (unpaired) electrons. The van der Waals surface area contributed by atoms with Gasteiger partial charge in [0.1, 0.15) is 11.6 Å². The molecule has 0 amide bonds. The van der Waals surface area contributed by atoms with Gasteiger partial charge in [0.25, 0.3) is 0 Å². The first-order chi connectivity index (χ1) is 9.10. The maximum atomic E-state index is 13.6. The van der Waals surface area contributed by atoms with Crippen LogP contribution in [0.2, 0.25) is 0 Å². The summed E-state index contributed by atoms with van der Waals surface area (Å²) in [7, 11) is 0. The van der Waals surface area contributed by atoms with Gasteiger partial charge in [0, 0.05) is 9.37 Å². The average molecular weight is 344 g/mol. The van der Waals surface area contributed by atoms with E-state index >= 15 is 0 Å². The molecule has 0 spiro atoms. The number of rotatable bonds is 4. The number of benzene rings is 2. The highest BCUT2D eigenvalue weighted by Crippen LogP contribution is 2.34. The van der Waals surface area contributed by atoms with Gasteiger partial charge in [0.15, 0.2) is 0 Å². The minimum atomic E-state index is -0.445. The Kier molecular flexibility index (Phi) is 4.96. The minimum Gasteiger partial charge on any atom is -0.330 e. The Morgan fingerprint density at radius 1 is 1.05 bits per heavy atom. The smallest absolute Gasteiger partial charge is 0.137 e. The monoisotopic (exact) mass is 343 g/mol. The quantitative estimate of drug-likeness (QED) is 0.891. The molecular weight excluding hydrogens is 332 g/mol. The minimum absolute atomic E-state index is 0.274. The molecule has 0 atom stereocenters. The molecule has 19 heavy (non-hydrogen) atoms. The van der Waals surface area contributed by atoms with E-state index in [1.807, 2.05) is 18.2 Å². The van der Waals surface area contributed by atoms with Crippen LogP contribution in [0, 0.1) is 11.6 Å². The number of hydrogen-bond donors (Lipinski definition) is 1. The van der Waals surface area contributed by atoms with E-state index in [1.165, 1.54) is 17.8 Å². The molecule has 100 valence electrons. The normalized spacial score (nSPS) is 10.7. The first-order valence-corrected chi connectivity index (χ1v) is 7.32. The van der Waals surface area contributed by atoms with E-state index in [9.17, 15) is 8.78 Å². The molecule has 0 aliphatic carbocycles. The van der Waals surface area contributed by atoms with E-state index in [1.54, 1.807) is 0 Å². The predicted octanol–water partition coefficient (Wildman–Crippen LogP) is 4.38. The second kappa shape index (κ2) is 6.50. The van der Waals surface area contributed by atoms with Crippen LogP contribution in [0.4, 0.5) is 8.78 Å². The van der Waals surface area contributed by atoms with Gasteiger partial charge in [-0.15, -0.1) is 0 Å². The molecule has 0 saturated heterocycles. The van der Waals surface area contributed by atoms with Crippen molar-refractivity contribution in [3.05, 3.63) is 58.1 Å². The van der Waals surface area contributed by atoms with Crippen molar-refractivity contribution in [2.45, 2.75) is 16.2 Å². The molecule has 0 aliphatic heterocycles. The fraction of sp³-hybridized carbons (Fsp3) is 0.143. The third-order valence-corrected chi connectivity index (χ3v) is 4.18. The predicted molar refractivity (Wildman–Crippen MR) is 77.4 cm³/mol. The fourth-order valence-corrected chi connectivity index (χ4v) is 3.23. The molecule has 5 heteroatoms. The SMILES string of the molecule is NCCc1ccc(Br)cc1Sc1cc(F)ccc1F. The number of halogens is 3. The molecule has 0 fully saturated rings. The van der Waals surface area contributed by atoms with E-state index in [-0.39, 0.29) is 4.90 Å². The van der Waals surface area contributed by atoms with Crippen molar-refractivity contribution in [2.75, 3.05) is 6.54 Å². The summed E-state index contributed by atoms with van der Waals surface area (Å²) in [4.78, 5) is 1.15. The molecule has 0 heterocycles. The first-order valence-electron chi connectivity index (χ1n) is 5.71. The fourth-order valence-electron chi connectivity index (χ4n) is 1.66. The zero-order valence-electron chi connectivity index (χ0n) is 10.00. The first kappa shape index (κ1) is 14.5. The highest BCUT2D eigenvalue weighted by atomic mass is 79.9. The Labute approximate surface area is 123 Å². The highest BCUT2D eigenvalue weighted by Gasteiger charge is 2.09. The van der Waals surface area contributed by atoms with Gasteiger partial charge in [0.2, 0.25) is 0 Å². The molecular formula is C14H12BrF2NS. The Balaban J connectivity index is 2.36. The largest absolute Gasteiger partial charge is 0.330 e. The third-order valence-electron chi connectivity index (χ3n) is 2.56. The summed E-state index contributed by atoms with van der Waals surface area (Å²) in [5.74, 6) is -0.871. The molecule has 2 aromatic rings. The van der Waals surface area contributed by atoms with Gasteiger partial charge in [0.05, 0.1) is 4.90 Å². The summed E-state index contributed by atoms with van der Waals surface area (Å²) in [5, 5.41) is 0. The van der Waals surface area contributed by atoms with Crippen LogP contribution in [-0.2, 0) is 6.42 Å². The summed E-state index contributed by atoms with van der Waals surface area (Å²) in [6.45, 7) is 0.515. The average Bonchev–Trinajstić information content (AvgIpc) is 2.37. The Hall–Kier alpha value is -0.910. The standard InChI is InChI=1S/C14H12BrF2NS/c15-10-2-1-9(5-6-18)13(7-10)19-14-8-11(16)3-4-12(14)17/h1-4,7-8H,5-6,18H2. The highest BCUT2D eigenvalue weighted by molar-refractivity contribution is 9.10. The van der Waals surface area contributed by atoms with Crippen molar-refractivity contribution in [3.63, 3.8) is 0 Å². The summed E-state index contributed by atoms with van der Waals surface area (Å²) >= 11 is 4.59. The van der Waals surface area contributed by atoms with Crippen molar-refractivity contribution in [1.82, 2.24) is 0 Å². The van der Waals surface area contributed by atoms with Crippen LogP contribution in [0.15, 0.2) is 50.7 Å². The van der Waals surface area contributed by atoms with Crippen LogP contribution < -0.4 is 5.73 Å². The maximum absolute atomic E-state index is 13.6. The van der Waals surface area contributed by atoms with Crippen LogP contribution in [-0.4, -0.2) is 6.54 Å². The number of hydrogen-bond acceptors (Lipinski definition) is 2. The van der Waals surface area contributed by atoms with Crippen molar-refractivity contribution < 1.29 is 8.78 Å². The third kappa shape index (κ3) is 3.78. The van der Waals surface area contributed by atoms with Crippen LogP contribution in [0.3, 0.4) is 0 Å². The Morgan fingerprint density at radius 2 is 1.84 bits per heavy atom. The van der Waals surface area contributed by atoms with E-state index in [0.29, 0.717) is 13.0 Å². The van der Waals surface area contributed by atoms with Crippen molar-refractivity contribution in [1.29, 1.82) is 0 Å². The van der Waals surface area contributed by atoms with Crippen LogP contribution in [0.5, 0.6) is 0 Å². The van der Waals surface area contributed by atoms with Crippen LogP contribution >= 0.6 is 27.7 Å². The van der Waals surface area contributed by atoms with Gasteiger partial charge in [-0.05, 0) is 48.9 Å². The summed E-state index contributed by atoms with van der Waals surface area (Å²) in [6, 6.07) is 9.19. The van der Waals surface area contributed by atoms with E-state index in [2.05, 4.69) is 15.9 Å². The Bertz CT molecular complexity index is 590. The van der Waals surface area contributed by atoms with E-state index < -0.39 is 11.6 Å². The second-order valence-corrected chi connectivity index (χ2v) is 5.97. The maximum Gasteiger partial charge on any atom is 0.137 e. The van der Waals surface area contributed by atoms with Crippen LogP contribution in [0.25, 0.3) is 0 Å². The molecule has 2 aromatic carbocycles. The van der Waals surface area contributed by atoms with Gasteiger partial charge in [-0.3, -0.25) is 0 Å². The van der Waals surface area contributed by atoms with Gasteiger partial charge in [-0.1, -0.05) is 33.8 Å². The lowest BCUT2D eigenvalue weighted by Crippen LogP contribution is -2.03. The molecule has 1 nitrogen and oxygen atoms in total.